The van der Waals surface area contributed by atoms with Gasteiger partial charge in [-0.25, -0.2) is 0 Å². The standard InChI is InChI=1S/C20H26/c1-2-3-4-5-6-7-8-9-12-18-15-16-19-13-10-11-14-20(19)17-18/h4-5,10-11,13-17H,2-3,6-9,12H2,1H3/b5-4+. The summed E-state index contributed by atoms with van der Waals surface area (Å²) in [7, 11) is 0. The van der Waals surface area contributed by atoms with Gasteiger partial charge in [0.25, 0.3) is 0 Å². The Labute approximate surface area is 123 Å². The smallest absolute Gasteiger partial charge is 0.0181 e. The van der Waals surface area contributed by atoms with Gasteiger partial charge < -0.3 is 0 Å². The predicted molar refractivity (Wildman–Crippen MR) is 90.2 cm³/mol. The summed E-state index contributed by atoms with van der Waals surface area (Å²) < 4.78 is 0. The van der Waals surface area contributed by atoms with E-state index in [0.717, 1.165) is 0 Å². The number of hydrogen-bond donors (Lipinski definition) is 0. The number of fused-ring (bicyclic) bond motifs is 1. The molecule has 0 unspecified atom stereocenters. The quantitative estimate of drug-likeness (QED) is 0.388. The fourth-order valence-corrected chi connectivity index (χ4v) is 2.56. The number of unbranched alkanes of at least 4 members (excludes halogenated alkanes) is 4. The van der Waals surface area contributed by atoms with Crippen LogP contribution in [0.4, 0.5) is 0 Å². The lowest BCUT2D eigenvalue weighted by molar-refractivity contribution is 0.686. The molecule has 2 rings (SSSR count). The molecule has 0 heterocycles. The van der Waals surface area contributed by atoms with E-state index in [9.17, 15) is 0 Å². The first-order valence-corrected chi connectivity index (χ1v) is 8.03. The molecule has 106 valence electrons. The molecule has 0 N–H and O–H groups in total. The van der Waals surface area contributed by atoms with E-state index in [0.29, 0.717) is 0 Å². The molecule has 0 amide bonds. The van der Waals surface area contributed by atoms with Crippen LogP contribution >= 0.6 is 0 Å². The first-order valence-electron chi connectivity index (χ1n) is 8.03. The highest BCUT2D eigenvalue weighted by Gasteiger charge is 1.96. The van der Waals surface area contributed by atoms with Gasteiger partial charge in [0.1, 0.15) is 0 Å². The average molecular weight is 266 g/mol. The Bertz CT molecular complexity index is 536. The van der Waals surface area contributed by atoms with E-state index in [1.54, 1.807) is 0 Å². The van der Waals surface area contributed by atoms with Gasteiger partial charge >= 0.3 is 0 Å². The number of aryl methyl sites for hydroxylation is 1. The molecule has 0 aliphatic carbocycles. The topological polar surface area (TPSA) is 0 Å². The van der Waals surface area contributed by atoms with Crippen molar-refractivity contribution in [2.24, 2.45) is 0 Å². The fraction of sp³-hybridized carbons (Fsp3) is 0.400. The Morgan fingerprint density at radius 3 is 2.45 bits per heavy atom. The highest BCUT2D eigenvalue weighted by Crippen LogP contribution is 2.17. The van der Waals surface area contributed by atoms with Gasteiger partial charge in [0.2, 0.25) is 0 Å². The molecule has 0 atom stereocenters. The number of allylic oxidation sites excluding steroid dienone is 2. The second-order valence-corrected chi connectivity index (χ2v) is 5.54. The van der Waals surface area contributed by atoms with Gasteiger partial charge in [-0.2, -0.15) is 0 Å². The molecule has 0 aliphatic rings. The monoisotopic (exact) mass is 266 g/mol. The minimum Gasteiger partial charge on any atom is -0.0885 e. The van der Waals surface area contributed by atoms with Crippen molar-refractivity contribution in [1.82, 2.24) is 0 Å². The average Bonchev–Trinajstić information content (AvgIpc) is 2.50. The van der Waals surface area contributed by atoms with Gasteiger partial charge in [-0.15, -0.1) is 0 Å². The summed E-state index contributed by atoms with van der Waals surface area (Å²) in [5, 5.41) is 2.71. The van der Waals surface area contributed by atoms with Crippen molar-refractivity contribution in [2.45, 2.75) is 51.9 Å². The van der Waals surface area contributed by atoms with Crippen molar-refractivity contribution in [3.63, 3.8) is 0 Å². The summed E-state index contributed by atoms with van der Waals surface area (Å²) in [5.74, 6) is 0. The van der Waals surface area contributed by atoms with Crippen molar-refractivity contribution in [3.05, 3.63) is 60.2 Å². The van der Waals surface area contributed by atoms with Gasteiger partial charge in [-0.3, -0.25) is 0 Å². The maximum atomic E-state index is 2.35. The van der Waals surface area contributed by atoms with Crippen LogP contribution < -0.4 is 0 Å². The summed E-state index contributed by atoms with van der Waals surface area (Å²) in [6.45, 7) is 2.23. The molecular formula is C20H26. The first kappa shape index (κ1) is 14.8. The predicted octanol–water partition coefficient (Wildman–Crippen LogP) is 6.30. The Kier molecular flexibility index (Phi) is 6.37. The number of benzene rings is 2. The second-order valence-electron chi connectivity index (χ2n) is 5.54. The van der Waals surface area contributed by atoms with Crippen LogP contribution in [0, 0.1) is 0 Å². The second kappa shape index (κ2) is 8.58. The maximum absolute atomic E-state index is 2.35. The Balaban J connectivity index is 1.70. The lowest BCUT2D eigenvalue weighted by Crippen LogP contribution is -1.86. The zero-order valence-corrected chi connectivity index (χ0v) is 12.6. The van der Waals surface area contributed by atoms with Crippen LogP contribution in [-0.4, -0.2) is 0 Å². The van der Waals surface area contributed by atoms with Gasteiger partial charge in [0, 0.05) is 0 Å². The van der Waals surface area contributed by atoms with Gasteiger partial charge in [-0.1, -0.05) is 74.4 Å². The Morgan fingerprint density at radius 2 is 1.60 bits per heavy atom. The highest BCUT2D eigenvalue weighted by atomic mass is 14.0. The highest BCUT2D eigenvalue weighted by molar-refractivity contribution is 5.82. The molecule has 0 radical (unpaired) electrons. The third-order valence-electron chi connectivity index (χ3n) is 3.77. The van der Waals surface area contributed by atoms with Crippen molar-refractivity contribution >= 4 is 10.8 Å². The third kappa shape index (κ3) is 4.85. The fourth-order valence-electron chi connectivity index (χ4n) is 2.56. The van der Waals surface area contributed by atoms with Crippen molar-refractivity contribution in [3.8, 4) is 0 Å². The van der Waals surface area contributed by atoms with Gasteiger partial charge in [0.15, 0.2) is 0 Å². The largest absolute Gasteiger partial charge is 0.0885 e. The first-order chi connectivity index (χ1) is 9.90. The summed E-state index contributed by atoms with van der Waals surface area (Å²) in [5.41, 5.74) is 1.48. The van der Waals surface area contributed by atoms with E-state index in [2.05, 4.69) is 61.5 Å². The molecule has 20 heavy (non-hydrogen) atoms. The van der Waals surface area contributed by atoms with Crippen LogP contribution in [0.3, 0.4) is 0 Å². The van der Waals surface area contributed by atoms with E-state index < -0.39 is 0 Å². The van der Waals surface area contributed by atoms with Crippen LogP contribution in [-0.2, 0) is 6.42 Å². The number of rotatable bonds is 8. The van der Waals surface area contributed by atoms with Crippen LogP contribution in [0.5, 0.6) is 0 Å². The van der Waals surface area contributed by atoms with Crippen LogP contribution in [0.15, 0.2) is 54.6 Å². The summed E-state index contributed by atoms with van der Waals surface area (Å²) in [4.78, 5) is 0. The molecule has 0 saturated carbocycles. The van der Waals surface area contributed by atoms with Gasteiger partial charge in [-0.05, 0) is 48.4 Å². The molecule has 0 bridgehead atoms. The zero-order valence-electron chi connectivity index (χ0n) is 12.6. The summed E-state index contributed by atoms with van der Waals surface area (Å²) in [6.07, 6.45) is 13.6. The van der Waals surface area contributed by atoms with E-state index in [1.165, 1.54) is 61.3 Å². The third-order valence-corrected chi connectivity index (χ3v) is 3.77. The number of hydrogen-bond acceptors (Lipinski definition) is 0. The van der Waals surface area contributed by atoms with E-state index in [1.807, 2.05) is 0 Å². The van der Waals surface area contributed by atoms with E-state index >= 15 is 0 Å². The normalized spacial score (nSPS) is 11.4. The molecule has 0 spiro atoms. The summed E-state index contributed by atoms with van der Waals surface area (Å²) >= 11 is 0. The lowest BCUT2D eigenvalue weighted by Gasteiger charge is -2.03. The Morgan fingerprint density at radius 1 is 0.800 bits per heavy atom. The van der Waals surface area contributed by atoms with Crippen LogP contribution in [0.2, 0.25) is 0 Å². The molecule has 0 fully saturated rings. The van der Waals surface area contributed by atoms with Crippen LogP contribution in [0.25, 0.3) is 10.8 Å². The maximum Gasteiger partial charge on any atom is -0.0181 e. The van der Waals surface area contributed by atoms with E-state index in [-0.39, 0.29) is 0 Å². The lowest BCUT2D eigenvalue weighted by atomic mass is 10.0. The molecule has 2 aromatic carbocycles. The van der Waals surface area contributed by atoms with Gasteiger partial charge in [0.05, 0.1) is 0 Å². The summed E-state index contributed by atoms with van der Waals surface area (Å²) in [6, 6.07) is 15.5. The molecule has 2 aromatic rings. The Hall–Kier alpha value is -1.56. The molecular weight excluding hydrogens is 240 g/mol. The molecule has 0 nitrogen and oxygen atoms in total. The van der Waals surface area contributed by atoms with E-state index in [4.69, 9.17) is 0 Å². The zero-order chi connectivity index (χ0) is 14.0. The molecule has 0 aliphatic heterocycles. The van der Waals surface area contributed by atoms with Crippen molar-refractivity contribution in [2.75, 3.05) is 0 Å². The minimum absolute atomic E-state index is 1.21. The minimum atomic E-state index is 1.21. The van der Waals surface area contributed by atoms with Crippen LogP contribution in [0.1, 0.15) is 51.0 Å². The van der Waals surface area contributed by atoms with Crippen molar-refractivity contribution in [1.29, 1.82) is 0 Å². The molecule has 0 saturated heterocycles. The van der Waals surface area contributed by atoms with Crippen molar-refractivity contribution < 1.29 is 0 Å². The molecule has 0 heteroatoms. The SMILES string of the molecule is CCC/C=C/CCCCCc1ccc2ccccc2c1. The molecule has 0 aromatic heterocycles.